The Labute approximate surface area is 159 Å². The van der Waals surface area contributed by atoms with Crippen molar-refractivity contribution < 1.29 is 4.79 Å². The number of fused-ring (bicyclic) bond motifs is 1. The van der Waals surface area contributed by atoms with Gasteiger partial charge in [0, 0.05) is 21.5 Å². The van der Waals surface area contributed by atoms with Crippen molar-refractivity contribution in [3.05, 3.63) is 50.9 Å². The lowest BCUT2D eigenvalue weighted by Gasteiger charge is -2.42. The van der Waals surface area contributed by atoms with Crippen molar-refractivity contribution in [2.24, 2.45) is 0 Å². The van der Waals surface area contributed by atoms with Crippen LogP contribution in [-0.2, 0) is 12.0 Å². The maximum atomic E-state index is 12.8. The van der Waals surface area contributed by atoms with Crippen LogP contribution in [0.25, 0.3) is 0 Å². The van der Waals surface area contributed by atoms with E-state index in [9.17, 15) is 10.1 Å². The fourth-order valence-corrected chi connectivity index (χ4v) is 5.20. The molecule has 0 fully saturated rings. The molecule has 2 heterocycles. The van der Waals surface area contributed by atoms with Crippen LogP contribution >= 0.6 is 11.3 Å². The highest BCUT2D eigenvalue weighted by Crippen LogP contribution is 2.44. The highest BCUT2D eigenvalue weighted by molar-refractivity contribution is 7.17. The molecule has 2 aromatic rings. The molecule has 5 heteroatoms. The Bertz CT molecular complexity index is 931. The van der Waals surface area contributed by atoms with Crippen molar-refractivity contribution in [3.63, 3.8) is 0 Å². The number of nitrogens with zero attached hydrogens (tertiary/aromatic N) is 1. The van der Waals surface area contributed by atoms with Gasteiger partial charge in [-0.25, -0.2) is 0 Å². The summed E-state index contributed by atoms with van der Waals surface area (Å²) in [5.74, 6) is -0.164. The van der Waals surface area contributed by atoms with E-state index in [2.05, 4.69) is 44.4 Å². The molecule has 1 aromatic heterocycles. The zero-order valence-electron chi connectivity index (χ0n) is 16.2. The van der Waals surface area contributed by atoms with Crippen LogP contribution in [-0.4, -0.2) is 11.4 Å². The highest BCUT2D eigenvalue weighted by atomic mass is 32.1. The number of carbonyl (C=O) groups excluding carboxylic acids is 1. The van der Waals surface area contributed by atoms with Crippen molar-refractivity contribution in [3.8, 4) is 6.07 Å². The van der Waals surface area contributed by atoms with Crippen LogP contribution in [0.4, 0.5) is 5.00 Å². The van der Waals surface area contributed by atoms with E-state index in [1.807, 2.05) is 32.0 Å². The number of anilines is 1. The summed E-state index contributed by atoms with van der Waals surface area (Å²) in [6, 6.07) is 8.10. The number of hydrogen-bond acceptors (Lipinski definition) is 4. The molecule has 0 unspecified atom stereocenters. The van der Waals surface area contributed by atoms with E-state index in [-0.39, 0.29) is 17.0 Å². The van der Waals surface area contributed by atoms with Gasteiger partial charge in [-0.1, -0.05) is 17.7 Å². The second kappa shape index (κ2) is 6.22. The van der Waals surface area contributed by atoms with Crippen LogP contribution in [0.2, 0.25) is 0 Å². The molecule has 1 aliphatic heterocycles. The van der Waals surface area contributed by atoms with E-state index >= 15 is 0 Å². The molecule has 0 spiro atoms. The smallest absolute Gasteiger partial charge is 0.256 e. The van der Waals surface area contributed by atoms with Crippen molar-refractivity contribution in [2.75, 3.05) is 5.32 Å². The van der Waals surface area contributed by atoms with Crippen molar-refractivity contribution in [1.29, 1.82) is 5.26 Å². The minimum Gasteiger partial charge on any atom is -0.312 e. The van der Waals surface area contributed by atoms with Gasteiger partial charge in [-0.2, -0.15) is 5.26 Å². The van der Waals surface area contributed by atoms with Crippen LogP contribution < -0.4 is 10.6 Å². The molecule has 0 saturated heterocycles. The third-order valence-electron chi connectivity index (χ3n) is 4.81. The normalized spacial score (nSPS) is 17.3. The Kier molecular flexibility index (Phi) is 4.46. The number of nitriles is 1. The first-order chi connectivity index (χ1) is 12.0. The average Bonchev–Trinajstić information content (AvgIpc) is 2.82. The van der Waals surface area contributed by atoms with Gasteiger partial charge in [0.1, 0.15) is 11.1 Å². The highest BCUT2D eigenvalue weighted by Gasteiger charge is 2.40. The van der Waals surface area contributed by atoms with Gasteiger partial charge in [0.15, 0.2) is 0 Å². The summed E-state index contributed by atoms with van der Waals surface area (Å²) in [4.78, 5) is 13.9. The predicted octanol–water partition coefficient (Wildman–Crippen LogP) is 4.65. The van der Waals surface area contributed by atoms with Crippen molar-refractivity contribution >= 4 is 22.2 Å². The van der Waals surface area contributed by atoms with Gasteiger partial charge in [-0.15, -0.1) is 11.3 Å². The molecule has 0 aliphatic carbocycles. The summed E-state index contributed by atoms with van der Waals surface area (Å²) in [7, 11) is 0. The Morgan fingerprint density at radius 1 is 1.27 bits per heavy atom. The topological polar surface area (TPSA) is 64.9 Å². The Hall–Kier alpha value is -2.16. The number of rotatable bonds is 2. The van der Waals surface area contributed by atoms with Gasteiger partial charge < -0.3 is 10.6 Å². The molecule has 1 amide bonds. The van der Waals surface area contributed by atoms with E-state index in [0.717, 1.165) is 28.0 Å². The van der Waals surface area contributed by atoms with Crippen molar-refractivity contribution in [2.45, 2.75) is 59.0 Å². The predicted molar refractivity (Wildman–Crippen MR) is 107 cm³/mol. The second-order valence-corrected chi connectivity index (χ2v) is 9.33. The van der Waals surface area contributed by atoms with E-state index in [4.69, 9.17) is 0 Å². The van der Waals surface area contributed by atoms with Crippen LogP contribution in [0.1, 0.15) is 65.2 Å². The zero-order valence-corrected chi connectivity index (χ0v) is 17.0. The number of hydrogen-bond donors (Lipinski definition) is 2. The molecule has 0 saturated carbocycles. The monoisotopic (exact) mass is 367 g/mol. The third kappa shape index (κ3) is 3.27. The lowest BCUT2D eigenvalue weighted by molar-refractivity contribution is 0.102. The molecule has 0 radical (unpaired) electrons. The summed E-state index contributed by atoms with van der Waals surface area (Å²) in [5.41, 5.74) is 4.02. The Morgan fingerprint density at radius 2 is 1.96 bits per heavy atom. The summed E-state index contributed by atoms with van der Waals surface area (Å²) in [6.45, 7) is 12.5. The third-order valence-corrected chi connectivity index (χ3v) is 6.28. The zero-order chi connectivity index (χ0) is 19.3. The molecular formula is C21H25N3OS. The van der Waals surface area contributed by atoms with Gasteiger partial charge >= 0.3 is 0 Å². The molecule has 136 valence electrons. The average molecular weight is 368 g/mol. The number of benzene rings is 1. The quantitative estimate of drug-likeness (QED) is 0.812. The molecule has 0 atom stereocenters. The van der Waals surface area contributed by atoms with Gasteiger partial charge in [-0.3, -0.25) is 4.79 Å². The summed E-state index contributed by atoms with van der Waals surface area (Å²) in [5, 5.41) is 17.0. The molecule has 2 N–H and O–H groups in total. The lowest BCUT2D eigenvalue weighted by atomic mass is 9.81. The molecule has 3 rings (SSSR count). The molecule has 0 bridgehead atoms. The first kappa shape index (κ1) is 18.6. The number of amides is 1. The minimum atomic E-state index is -0.240. The van der Waals surface area contributed by atoms with Crippen LogP contribution in [0, 0.1) is 25.2 Å². The van der Waals surface area contributed by atoms with Gasteiger partial charge in [0.25, 0.3) is 5.91 Å². The van der Waals surface area contributed by atoms with Gasteiger partial charge in [0.2, 0.25) is 0 Å². The molecular weight excluding hydrogens is 342 g/mol. The van der Waals surface area contributed by atoms with Crippen LogP contribution in [0.15, 0.2) is 18.2 Å². The Morgan fingerprint density at radius 3 is 2.58 bits per heavy atom. The summed E-state index contributed by atoms with van der Waals surface area (Å²) in [6.07, 6.45) is 0.768. The Balaban J connectivity index is 2.01. The number of aryl methyl sites for hydroxylation is 2. The fourth-order valence-electron chi connectivity index (χ4n) is 3.97. The second-order valence-electron chi connectivity index (χ2n) is 8.31. The van der Waals surface area contributed by atoms with Crippen molar-refractivity contribution in [1.82, 2.24) is 5.32 Å². The largest absolute Gasteiger partial charge is 0.312 e. The fraction of sp³-hybridized carbons (Fsp3) is 0.429. The SMILES string of the molecule is Cc1ccc(C(=O)Nc2sc3c(c2C#N)CC(C)(C)NC3(C)C)c(C)c1. The molecule has 1 aromatic carbocycles. The number of carbonyl (C=O) groups is 1. The maximum Gasteiger partial charge on any atom is 0.256 e. The van der Waals surface area contributed by atoms with E-state index in [1.165, 1.54) is 11.3 Å². The van der Waals surface area contributed by atoms with E-state index < -0.39 is 0 Å². The number of thiophene rings is 1. The maximum absolute atomic E-state index is 12.8. The molecule has 26 heavy (non-hydrogen) atoms. The summed E-state index contributed by atoms with van der Waals surface area (Å²) >= 11 is 1.51. The lowest BCUT2D eigenvalue weighted by Crippen LogP contribution is -2.54. The molecule has 1 aliphatic rings. The standard InChI is InChI=1S/C21H25N3OS/c1-12-7-8-14(13(2)9-12)18(25)23-19-16(11-22)15-10-20(3,4)24-21(5,6)17(15)26-19/h7-9,24H,10H2,1-6H3,(H,23,25). The minimum absolute atomic E-state index is 0.0992. The van der Waals surface area contributed by atoms with E-state index in [1.54, 1.807) is 0 Å². The number of nitrogens with one attached hydrogen (secondary N) is 2. The first-order valence-corrected chi connectivity index (χ1v) is 9.60. The van der Waals surface area contributed by atoms with Crippen LogP contribution in [0.3, 0.4) is 0 Å². The van der Waals surface area contributed by atoms with Gasteiger partial charge in [0.05, 0.1) is 5.56 Å². The van der Waals surface area contributed by atoms with E-state index in [0.29, 0.717) is 16.1 Å². The molecule has 4 nitrogen and oxygen atoms in total. The van der Waals surface area contributed by atoms with Crippen LogP contribution in [0.5, 0.6) is 0 Å². The first-order valence-electron chi connectivity index (χ1n) is 8.78. The van der Waals surface area contributed by atoms with Gasteiger partial charge in [-0.05, 0) is 65.2 Å². The summed E-state index contributed by atoms with van der Waals surface area (Å²) < 4.78 is 0.